The fraction of sp³-hybridized carbons (Fsp3) is 0.455. The summed E-state index contributed by atoms with van der Waals surface area (Å²) in [5.41, 5.74) is 11.0. The Morgan fingerprint density at radius 3 is 1.94 bits per heavy atom. The third-order valence-corrected chi connectivity index (χ3v) is 5.83. The van der Waals surface area contributed by atoms with Gasteiger partial charge in [0.2, 0.25) is 0 Å². The second-order valence-electron chi connectivity index (χ2n) is 7.77. The minimum absolute atomic E-state index is 0.220. The zero-order valence-corrected chi connectivity index (χ0v) is 18.4. The largest absolute Gasteiger partial charge is 0.370 e. The maximum absolute atomic E-state index is 12.0. The molecule has 0 unspecified atom stereocenters. The third kappa shape index (κ3) is 6.78. The first-order chi connectivity index (χ1) is 14.9. The molecule has 1 fully saturated rings. The van der Waals surface area contributed by atoms with Crippen LogP contribution in [0.2, 0.25) is 0 Å². The zero-order valence-electron chi connectivity index (χ0n) is 17.6. The summed E-state index contributed by atoms with van der Waals surface area (Å²) in [6.45, 7) is 2.38. The lowest BCUT2D eigenvalue weighted by Crippen LogP contribution is -2.55. The van der Waals surface area contributed by atoms with E-state index in [1.807, 2.05) is 67.6 Å². The van der Waals surface area contributed by atoms with Gasteiger partial charge in [-0.15, -0.1) is 0 Å². The third-order valence-electron chi connectivity index (χ3n) is 5.26. The summed E-state index contributed by atoms with van der Waals surface area (Å²) in [4.78, 5) is 2.98. The lowest BCUT2D eigenvalue weighted by molar-refractivity contribution is -0.163. The van der Waals surface area contributed by atoms with Crippen LogP contribution in [0.5, 0.6) is 0 Å². The molecule has 2 aromatic rings. The molecule has 1 saturated carbocycles. The monoisotopic (exact) mass is 445 g/mol. The summed E-state index contributed by atoms with van der Waals surface area (Å²) in [5.74, 6) is -0.220. The number of benzene rings is 2. The maximum atomic E-state index is 12.0. The minimum Gasteiger partial charge on any atom is -0.370 e. The number of hydrogen-bond acceptors (Lipinski definition) is 6. The quantitative estimate of drug-likeness (QED) is 0.248. The molecule has 0 heterocycles. The van der Waals surface area contributed by atoms with Crippen LogP contribution in [0.4, 0.5) is 0 Å². The van der Waals surface area contributed by atoms with Gasteiger partial charge < -0.3 is 9.47 Å². The van der Waals surface area contributed by atoms with Crippen molar-refractivity contribution in [2.45, 2.75) is 50.9 Å². The molecule has 5 atom stereocenters. The molecule has 166 valence electrons. The molecule has 0 saturated heterocycles. The van der Waals surface area contributed by atoms with Crippen molar-refractivity contribution >= 4 is 10.1 Å². The van der Waals surface area contributed by atoms with Crippen LogP contribution in [0, 0.1) is 5.92 Å². The number of nitrogens with zero attached hydrogens (tertiary/aromatic N) is 3. The molecule has 0 amide bonds. The molecule has 9 heteroatoms. The lowest BCUT2D eigenvalue weighted by atomic mass is 9.80. The molecule has 0 aromatic heterocycles. The molecular formula is C22H27N3O5S. The van der Waals surface area contributed by atoms with Gasteiger partial charge in [-0.3, -0.25) is 4.18 Å². The van der Waals surface area contributed by atoms with E-state index in [9.17, 15) is 8.42 Å². The van der Waals surface area contributed by atoms with Gasteiger partial charge in [0.15, 0.2) is 0 Å². The predicted molar refractivity (Wildman–Crippen MR) is 116 cm³/mol. The Balaban J connectivity index is 1.88. The molecule has 8 nitrogen and oxygen atoms in total. The van der Waals surface area contributed by atoms with Crippen LogP contribution in [0.3, 0.4) is 0 Å². The van der Waals surface area contributed by atoms with Crippen LogP contribution >= 0.6 is 0 Å². The van der Waals surface area contributed by atoms with E-state index in [1.54, 1.807) is 0 Å². The SMILES string of the molecule is C[C@@H]1C[C@@H](N=[N+]=[N-])[C@@H](OCc2ccccc2)[C@H](OCc2ccccc2)[C@H]1OS(C)(=O)=O. The van der Waals surface area contributed by atoms with Crippen molar-refractivity contribution in [3.63, 3.8) is 0 Å². The van der Waals surface area contributed by atoms with Crippen LogP contribution in [0.25, 0.3) is 10.4 Å². The van der Waals surface area contributed by atoms with Crippen molar-refractivity contribution in [3.8, 4) is 0 Å². The maximum Gasteiger partial charge on any atom is 0.264 e. The van der Waals surface area contributed by atoms with E-state index >= 15 is 0 Å². The van der Waals surface area contributed by atoms with Crippen molar-refractivity contribution < 1.29 is 22.1 Å². The van der Waals surface area contributed by atoms with Crippen LogP contribution in [0.15, 0.2) is 65.8 Å². The molecule has 0 aliphatic heterocycles. The first kappa shape index (κ1) is 23.2. The highest BCUT2D eigenvalue weighted by Gasteiger charge is 2.46. The molecule has 3 rings (SSSR count). The Bertz CT molecular complexity index is 981. The fourth-order valence-corrected chi connectivity index (χ4v) is 4.54. The second-order valence-corrected chi connectivity index (χ2v) is 9.37. The molecular weight excluding hydrogens is 418 g/mol. The first-order valence-corrected chi connectivity index (χ1v) is 11.9. The highest BCUT2D eigenvalue weighted by Crippen LogP contribution is 2.35. The Kier molecular flexibility index (Phi) is 8.06. The highest BCUT2D eigenvalue weighted by molar-refractivity contribution is 7.86. The predicted octanol–water partition coefficient (Wildman–Crippen LogP) is 4.22. The summed E-state index contributed by atoms with van der Waals surface area (Å²) in [5, 5.41) is 3.93. The van der Waals surface area contributed by atoms with E-state index in [4.69, 9.17) is 19.2 Å². The normalized spacial score (nSPS) is 26.2. The van der Waals surface area contributed by atoms with E-state index < -0.39 is 34.5 Å². The summed E-state index contributed by atoms with van der Waals surface area (Å²) in [7, 11) is -3.73. The first-order valence-electron chi connectivity index (χ1n) is 10.1. The van der Waals surface area contributed by atoms with E-state index in [2.05, 4.69) is 10.0 Å². The van der Waals surface area contributed by atoms with Gasteiger partial charge in [0.25, 0.3) is 10.1 Å². The van der Waals surface area contributed by atoms with Gasteiger partial charge in [-0.25, -0.2) is 0 Å². The highest BCUT2D eigenvalue weighted by atomic mass is 32.2. The van der Waals surface area contributed by atoms with E-state index in [1.165, 1.54) is 0 Å². The van der Waals surface area contributed by atoms with Crippen LogP contribution in [-0.2, 0) is 37.0 Å². The van der Waals surface area contributed by atoms with Crippen molar-refractivity contribution in [1.82, 2.24) is 0 Å². The van der Waals surface area contributed by atoms with Crippen LogP contribution < -0.4 is 0 Å². The minimum atomic E-state index is -3.73. The number of ether oxygens (including phenoxy) is 2. The molecule has 1 aliphatic rings. The molecule has 0 bridgehead atoms. The van der Waals surface area contributed by atoms with Crippen molar-refractivity contribution in [1.29, 1.82) is 0 Å². The number of rotatable bonds is 9. The van der Waals surface area contributed by atoms with E-state index in [0.717, 1.165) is 17.4 Å². The van der Waals surface area contributed by atoms with Crippen LogP contribution in [0.1, 0.15) is 24.5 Å². The topological polar surface area (TPSA) is 111 Å². The molecule has 2 aromatic carbocycles. The van der Waals surface area contributed by atoms with Gasteiger partial charge in [0.05, 0.1) is 31.6 Å². The van der Waals surface area contributed by atoms with Crippen molar-refractivity contribution in [2.24, 2.45) is 11.0 Å². The van der Waals surface area contributed by atoms with Gasteiger partial charge in [-0.05, 0) is 29.0 Å². The smallest absolute Gasteiger partial charge is 0.264 e. The average molecular weight is 446 g/mol. The summed E-state index contributed by atoms with van der Waals surface area (Å²) in [6.07, 6.45) is -0.715. The number of hydrogen-bond donors (Lipinski definition) is 0. The Morgan fingerprint density at radius 2 is 1.45 bits per heavy atom. The molecule has 31 heavy (non-hydrogen) atoms. The van der Waals surface area contributed by atoms with E-state index in [0.29, 0.717) is 6.42 Å². The standard InChI is InChI=1S/C22H27N3O5S/c1-16-13-19(24-25-23)21(28-14-17-9-5-3-6-10-17)22(20(16)30-31(2,26)27)29-15-18-11-7-4-8-12-18/h3-12,16,19-22H,13-15H2,1-2H3/t16-,19-,20+,21-,22-/m1/s1. The van der Waals surface area contributed by atoms with Crippen LogP contribution in [-0.4, -0.2) is 39.0 Å². The Hall–Kier alpha value is -2.42. The van der Waals surface area contributed by atoms with Gasteiger partial charge in [0.1, 0.15) is 12.2 Å². The Morgan fingerprint density at radius 1 is 0.935 bits per heavy atom. The number of azide groups is 1. The average Bonchev–Trinajstić information content (AvgIpc) is 2.74. The second kappa shape index (κ2) is 10.7. The fourth-order valence-electron chi connectivity index (χ4n) is 3.84. The molecule has 0 N–H and O–H groups in total. The molecule has 0 radical (unpaired) electrons. The van der Waals surface area contributed by atoms with Crippen molar-refractivity contribution in [2.75, 3.05) is 6.26 Å². The summed E-state index contributed by atoms with van der Waals surface area (Å²) >= 11 is 0. The van der Waals surface area contributed by atoms with Gasteiger partial charge in [-0.2, -0.15) is 8.42 Å². The molecule has 0 spiro atoms. The Labute approximate surface area is 182 Å². The lowest BCUT2D eigenvalue weighted by Gasteiger charge is -2.43. The summed E-state index contributed by atoms with van der Waals surface area (Å²) in [6, 6.07) is 18.6. The molecule has 1 aliphatic carbocycles. The van der Waals surface area contributed by atoms with Crippen molar-refractivity contribution in [3.05, 3.63) is 82.2 Å². The van der Waals surface area contributed by atoms with Gasteiger partial charge in [-0.1, -0.05) is 72.7 Å². The van der Waals surface area contributed by atoms with Gasteiger partial charge in [0, 0.05) is 4.91 Å². The summed E-state index contributed by atoms with van der Waals surface area (Å²) < 4.78 is 41.7. The van der Waals surface area contributed by atoms with Gasteiger partial charge >= 0.3 is 0 Å². The zero-order chi connectivity index (χ0) is 22.3. The van der Waals surface area contributed by atoms with E-state index in [-0.39, 0.29) is 19.1 Å².